The van der Waals surface area contributed by atoms with E-state index in [1.165, 1.54) is 0 Å². The zero-order valence-corrected chi connectivity index (χ0v) is 15.1. The van der Waals surface area contributed by atoms with Gasteiger partial charge in [0.25, 0.3) is 11.8 Å². The third-order valence-corrected chi connectivity index (χ3v) is 4.26. The first-order valence-electron chi connectivity index (χ1n) is 8.73. The maximum absolute atomic E-state index is 12.4. The number of carbonyl (C=O) groups is 2. The largest absolute Gasteiger partial charge is 0.348 e. The van der Waals surface area contributed by atoms with Crippen molar-refractivity contribution in [2.45, 2.75) is 20.0 Å². The molecule has 0 fully saturated rings. The van der Waals surface area contributed by atoms with Crippen molar-refractivity contribution in [1.82, 2.24) is 15.6 Å². The Morgan fingerprint density at radius 1 is 0.852 bits per heavy atom. The summed E-state index contributed by atoms with van der Waals surface area (Å²) in [5, 5.41) is 5.74. The van der Waals surface area contributed by atoms with E-state index < -0.39 is 0 Å². The number of carbonyl (C=O) groups excluding carboxylic acids is 2. The number of aryl methyl sites for hydroxylation is 1. The standard InChI is InChI=1S/C22H21N3O2/c1-16-6-2-3-8-20(16)15-25-22(27)19-10-4-9-18(12-19)21(26)24-14-17-7-5-11-23-13-17/h2-13H,14-15H2,1H3,(H,24,26)(H,25,27). The molecule has 2 N–H and O–H groups in total. The van der Waals surface area contributed by atoms with Crippen LogP contribution in [0.5, 0.6) is 0 Å². The molecule has 5 heteroatoms. The second kappa shape index (κ2) is 8.76. The lowest BCUT2D eigenvalue weighted by atomic mass is 10.1. The maximum atomic E-state index is 12.4. The minimum absolute atomic E-state index is 0.208. The normalized spacial score (nSPS) is 10.3. The molecule has 0 radical (unpaired) electrons. The van der Waals surface area contributed by atoms with Crippen molar-refractivity contribution in [3.8, 4) is 0 Å². The van der Waals surface area contributed by atoms with Crippen LogP contribution in [0.15, 0.2) is 73.1 Å². The number of benzene rings is 2. The van der Waals surface area contributed by atoms with Gasteiger partial charge in [0.15, 0.2) is 0 Å². The van der Waals surface area contributed by atoms with Gasteiger partial charge >= 0.3 is 0 Å². The maximum Gasteiger partial charge on any atom is 0.251 e. The number of amides is 2. The zero-order chi connectivity index (χ0) is 19.1. The van der Waals surface area contributed by atoms with E-state index in [2.05, 4.69) is 15.6 Å². The Morgan fingerprint density at radius 2 is 1.56 bits per heavy atom. The van der Waals surface area contributed by atoms with E-state index >= 15 is 0 Å². The van der Waals surface area contributed by atoms with Gasteiger partial charge in [0.2, 0.25) is 0 Å². The summed E-state index contributed by atoms with van der Waals surface area (Å²) in [7, 11) is 0. The lowest BCUT2D eigenvalue weighted by Gasteiger charge is -2.09. The Labute approximate surface area is 158 Å². The SMILES string of the molecule is Cc1ccccc1CNC(=O)c1cccc(C(=O)NCc2cccnc2)c1. The lowest BCUT2D eigenvalue weighted by molar-refractivity contribution is 0.0950. The first-order valence-corrected chi connectivity index (χ1v) is 8.73. The Bertz CT molecular complexity index is 939. The molecule has 3 aromatic rings. The fourth-order valence-corrected chi connectivity index (χ4v) is 2.67. The molecule has 0 spiro atoms. The van der Waals surface area contributed by atoms with Crippen LogP contribution in [-0.4, -0.2) is 16.8 Å². The minimum atomic E-state index is -0.229. The van der Waals surface area contributed by atoms with Crippen LogP contribution >= 0.6 is 0 Å². The van der Waals surface area contributed by atoms with Gasteiger partial charge in [-0.1, -0.05) is 36.4 Å². The third-order valence-electron chi connectivity index (χ3n) is 4.26. The van der Waals surface area contributed by atoms with Crippen molar-refractivity contribution in [1.29, 1.82) is 0 Å². The number of pyridine rings is 1. The summed E-state index contributed by atoms with van der Waals surface area (Å²) in [6.45, 7) is 2.84. The van der Waals surface area contributed by atoms with E-state index in [-0.39, 0.29) is 11.8 Å². The Hall–Kier alpha value is -3.47. The van der Waals surface area contributed by atoms with Crippen LogP contribution in [0, 0.1) is 6.92 Å². The Morgan fingerprint density at radius 3 is 2.22 bits per heavy atom. The van der Waals surface area contributed by atoms with Gasteiger partial charge in [0.05, 0.1) is 0 Å². The van der Waals surface area contributed by atoms with Crippen LogP contribution in [-0.2, 0) is 13.1 Å². The van der Waals surface area contributed by atoms with Crippen LogP contribution in [0.25, 0.3) is 0 Å². The third kappa shape index (κ3) is 5.01. The number of nitrogens with one attached hydrogen (secondary N) is 2. The summed E-state index contributed by atoms with van der Waals surface area (Å²) in [5.74, 6) is -0.437. The smallest absolute Gasteiger partial charge is 0.251 e. The number of hydrogen-bond donors (Lipinski definition) is 2. The van der Waals surface area contributed by atoms with Gasteiger partial charge < -0.3 is 10.6 Å². The molecule has 2 amide bonds. The summed E-state index contributed by atoms with van der Waals surface area (Å²) in [4.78, 5) is 28.8. The van der Waals surface area contributed by atoms with Gasteiger partial charge in [0.1, 0.15) is 0 Å². The number of hydrogen-bond acceptors (Lipinski definition) is 3. The van der Waals surface area contributed by atoms with Crippen molar-refractivity contribution in [3.05, 3.63) is 101 Å². The van der Waals surface area contributed by atoms with Gasteiger partial charge in [0, 0.05) is 36.6 Å². The highest BCUT2D eigenvalue weighted by Gasteiger charge is 2.11. The summed E-state index contributed by atoms with van der Waals surface area (Å²) in [6, 6.07) is 18.3. The average Bonchev–Trinajstić information content (AvgIpc) is 2.72. The van der Waals surface area contributed by atoms with E-state index in [0.29, 0.717) is 24.2 Å². The second-order valence-corrected chi connectivity index (χ2v) is 6.23. The molecule has 3 rings (SSSR count). The Kier molecular flexibility index (Phi) is 5.94. The zero-order valence-electron chi connectivity index (χ0n) is 15.1. The highest BCUT2D eigenvalue weighted by atomic mass is 16.2. The number of aromatic nitrogens is 1. The van der Waals surface area contributed by atoms with E-state index in [1.807, 2.05) is 43.3 Å². The summed E-state index contributed by atoms with van der Waals surface area (Å²) in [5.41, 5.74) is 4.01. The predicted octanol–water partition coefficient (Wildman–Crippen LogP) is 3.25. The van der Waals surface area contributed by atoms with Gasteiger partial charge in [-0.3, -0.25) is 14.6 Å². The molecule has 0 saturated carbocycles. The molecule has 0 bridgehead atoms. The molecular weight excluding hydrogens is 338 g/mol. The van der Waals surface area contributed by atoms with Gasteiger partial charge in [-0.15, -0.1) is 0 Å². The first kappa shape index (κ1) is 18.3. The Balaban J connectivity index is 1.61. The second-order valence-electron chi connectivity index (χ2n) is 6.23. The molecule has 1 heterocycles. The molecule has 1 aromatic heterocycles. The van der Waals surface area contributed by atoms with Gasteiger partial charge in [-0.2, -0.15) is 0 Å². The van der Waals surface area contributed by atoms with E-state index in [0.717, 1.165) is 16.7 Å². The fourth-order valence-electron chi connectivity index (χ4n) is 2.67. The lowest BCUT2D eigenvalue weighted by Crippen LogP contribution is -2.25. The van der Waals surface area contributed by atoms with Crippen molar-refractivity contribution in [2.75, 3.05) is 0 Å². The first-order chi connectivity index (χ1) is 13.1. The van der Waals surface area contributed by atoms with Crippen molar-refractivity contribution in [3.63, 3.8) is 0 Å². The molecule has 136 valence electrons. The van der Waals surface area contributed by atoms with Crippen molar-refractivity contribution in [2.24, 2.45) is 0 Å². The molecule has 0 aliphatic heterocycles. The summed E-state index contributed by atoms with van der Waals surface area (Å²) in [6.07, 6.45) is 3.39. The summed E-state index contributed by atoms with van der Waals surface area (Å²) < 4.78 is 0. The van der Waals surface area contributed by atoms with Crippen molar-refractivity contribution >= 4 is 11.8 Å². The van der Waals surface area contributed by atoms with Crippen LogP contribution in [0.4, 0.5) is 0 Å². The molecule has 5 nitrogen and oxygen atoms in total. The highest BCUT2D eigenvalue weighted by Crippen LogP contribution is 2.09. The minimum Gasteiger partial charge on any atom is -0.348 e. The molecule has 0 aliphatic carbocycles. The summed E-state index contributed by atoms with van der Waals surface area (Å²) >= 11 is 0. The average molecular weight is 359 g/mol. The topological polar surface area (TPSA) is 71.1 Å². The molecule has 0 aliphatic rings. The highest BCUT2D eigenvalue weighted by molar-refractivity contribution is 5.99. The van der Waals surface area contributed by atoms with Crippen LogP contribution in [0.2, 0.25) is 0 Å². The number of nitrogens with zero attached hydrogens (tertiary/aromatic N) is 1. The quantitative estimate of drug-likeness (QED) is 0.710. The van der Waals surface area contributed by atoms with Gasteiger partial charge in [-0.25, -0.2) is 0 Å². The fraction of sp³-hybridized carbons (Fsp3) is 0.136. The van der Waals surface area contributed by atoms with Gasteiger partial charge in [-0.05, 0) is 47.9 Å². The van der Waals surface area contributed by atoms with E-state index in [1.54, 1.807) is 36.7 Å². The van der Waals surface area contributed by atoms with Crippen LogP contribution in [0.1, 0.15) is 37.4 Å². The van der Waals surface area contributed by atoms with E-state index in [9.17, 15) is 9.59 Å². The van der Waals surface area contributed by atoms with Crippen LogP contribution < -0.4 is 10.6 Å². The molecule has 0 atom stereocenters. The van der Waals surface area contributed by atoms with Crippen molar-refractivity contribution < 1.29 is 9.59 Å². The molecule has 0 unspecified atom stereocenters. The number of rotatable bonds is 6. The molecule has 2 aromatic carbocycles. The molecular formula is C22H21N3O2. The van der Waals surface area contributed by atoms with E-state index in [4.69, 9.17) is 0 Å². The van der Waals surface area contributed by atoms with Crippen LogP contribution in [0.3, 0.4) is 0 Å². The predicted molar refractivity (Wildman–Crippen MR) is 104 cm³/mol. The molecule has 27 heavy (non-hydrogen) atoms. The monoisotopic (exact) mass is 359 g/mol. The molecule has 0 saturated heterocycles.